The predicted molar refractivity (Wildman–Crippen MR) is 58.4 cm³/mol. The van der Waals surface area contributed by atoms with Crippen molar-refractivity contribution >= 4 is 17.5 Å². The van der Waals surface area contributed by atoms with Crippen molar-refractivity contribution in [3.8, 4) is 0 Å². The van der Waals surface area contributed by atoms with E-state index in [1.54, 1.807) is 0 Å². The van der Waals surface area contributed by atoms with Crippen molar-refractivity contribution in [2.24, 2.45) is 0 Å². The van der Waals surface area contributed by atoms with Crippen molar-refractivity contribution < 1.29 is 27.1 Å². The van der Waals surface area contributed by atoms with E-state index < -0.39 is 30.2 Å². The molecule has 0 saturated carbocycles. The molecule has 0 unspecified atom stereocenters. The van der Waals surface area contributed by atoms with Crippen molar-refractivity contribution in [3.05, 3.63) is 28.8 Å². The van der Waals surface area contributed by atoms with E-state index in [0.717, 1.165) is 6.20 Å². The summed E-state index contributed by atoms with van der Waals surface area (Å²) in [6.45, 7) is -1.98. The van der Waals surface area contributed by atoms with Crippen molar-refractivity contribution in [1.82, 2.24) is 10.3 Å². The lowest BCUT2D eigenvalue weighted by Crippen LogP contribution is -2.29. The Kier molecular flexibility index (Phi) is 5.49. The molecule has 0 aliphatic rings. The number of aromatic nitrogens is 1. The Morgan fingerprint density at radius 3 is 2.74 bits per heavy atom. The average molecular weight is 301 g/mol. The molecule has 0 saturated heterocycles. The third kappa shape index (κ3) is 5.39. The lowest BCUT2D eigenvalue weighted by atomic mass is 10.2. The third-order valence-corrected chi connectivity index (χ3v) is 2.19. The fourth-order valence-electron chi connectivity index (χ4n) is 1.13. The molecule has 0 spiro atoms. The lowest BCUT2D eigenvalue weighted by molar-refractivity contribution is -0.173. The number of hydrogen-bond donors (Lipinski definition) is 1. The van der Waals surface area contributed by atoms with E-state index in [4.69, 9.17) is 11.6 Å². The number of ether oxygens (including phenoxy) is 1. The average Bonchev–Trinajstić information content (AvgIpc) is 2.26. The van der Waals surface area contributed by atoms with Crippen LogP contribution in [0, 0.1) is 5.95 Å². The summed E-state index contributed by atoms with van der Waals surface area (Å²) in [6.07, 6.45) is -3.34. The molecule has 1 aromatic heterocycles. The van der Waals surface area contributed by atoms with Gasteiger partial charge in [-0.25, -0.2) is 4.98 Å². The number of halogens is 5. The van der Waals surface area contributed by atoms with Crippen molar-refractivity contribution in [2.75, 3.05) is 19.8 Å². The Balaban J connectivity index is 2.40. The summed E-state index contributed by atoms with van der Waals surface area (Å²) in [5, 5.41) is 2.03. The minimum atomic E-state index is -4.43. The largest absolute Gasteiger partial charge is 0.411 e. The number of amides is 1. The van der Waals surface area contributed by atoms with Gasteiger partial charge in [-0.15, -0.1) is 0 Å². The van der Waals surface area contributed by atoms with Gasteiger partial charge in [0.05, 0.1) is 11.6 Å². The zero-order chi connectivity index (χ0) is 14.5. The number of nitrogens with zero attached hydrogens (tertiary/aromatic N) is 1. The molecule has 1 heterocycles. The minimum absolute atomic E-state index is 0.138. The van der Waals surface area contributed by atoms with Crippen LogP contribution in [0.2, 0.25) is 5.02 Å². The number of carbonyl (C=O) groups is 1. The van der Waals surface area contributed by atoms with Crippen molar-refractivity contribution in [2.45, 2.75) is 6.18 Å². The van der Waals surface area contributed by atoms with E-state index in [0.29, 0.717) is 0 Å². The summed E-state index contributed by atoms with van der Waals surface area (Å²) < 4.78 is 52.6. The number of hydrogen-bond acceptors (Lipinski definition) is 3. The number of alkyl halides is 3. The highest BCUT2D eigenvalue weighted by atomic mass is 35.5. The quantitative estimate of drug-likeness (QED) is 0.515. The van der Waals surface area contributed by atoms with Crippen molar-refractivity contribution in [3.63, 3.8) is 0 Å². The van der Waals surface area contributed by atoms with Gasteiger partial charge in [0.2, 0.25) is 5.95 Å². The van der Waals surface area contributed by atoms with Gasteiger partial charge in [0.1, 0.15) is 12.2 Å². The van der Waals surface area contributed by atoms with Crippen LogP contribution < -0.4 is 5.32 Å². The minimum Gasteiger partial charge on any atom is -0.370 e. The third-order valence-electron chi connectivity index (χ3n) is 1.88. The molecule has 106 valence electrons. The van der Waals surface area contributed by atoms with Crippen LogP contribution in [-0.2, 0) is 4.74 Å². The summed E-state index contributed by atoms with van der Waals surface area (Å²) in [7, 11) is 0. The Morgan fingerprint density at radius 1 is 1.47 bits per heavy atom. The van der Waals surface area contributed by atoms with Crippen molar-refractivity contribution in [1.29, 1.82) is 0 Å². The second-order valence-corrected chi connectivity index (χ2v) is 3.79. The van der Waals surface area contributed by atoms with Crippen LogP contribution >= 0.6 is 11.6 Å². The molecule has 0 radical (unpaired) electrons. The molecule has 9 heteroatoms. The lowest BCUT2D eigenvalue weighted by Gasteiger charge is -2.09. The summed E-state index contributed by atoms with van der Waals surface area (Å²) >= 11 is 5.60. The molecule has 1 amide bonds. The number of pyridine rings is 1. The van der Waals surface area contributed by atoms with E-state index in [1.165, 1.54) is 6.07 Å². The summed E-state index contributed by atoms with van der Waals surface area (Å²) in [5.41, 5.74) is -0.458. The first-order valence-electron chi connectivity index (χ1n) is 5.04. The molecular weight excluding hydrogens is 292 g/mol. The molecule has 0 aliphatic heterocycles. The van der Waals surface area contributed by atoms with E-state index in [9.17, 15) is 22.4 Å². The fourth-order valence-corrected chi connectivity index (χ4v) is 1.35. The molecule has 1 aromatic rings. The number of carbonyl (C=O) groups excluding carboxylic acids is 1. The van der Waals surface area contributed by atoms with Gasteiger partial charge in [-0.1, -0.05) is 11.6 Å². The SMILES string of the molecule is O=C(NCCOCC(F)(F)F)c1c(Cl)ccnc1F. The van der Waals surface area contributed by atoms with Crippen LogP contribution in [-0.4, -0.2) is 36.8 Å². The Bertz CT molecular complexity index is 433. The van der Waals surface area contributed by atoms with E-state index in [-0.39, 0.29) is 18.2 Å². The first-order chi connectivity index (χ1) is 8.81. The fraction of sp³-hybridized carbons (Fsp3) is 0.400. The maximum absolute atomic E-state index is 13.2. The van der Waals surface area contributed by atoms with Gasteiger partial charge in [-0.2, -0.15) is 17.6 Å². The molecule has 4 nitrogen and oxygen atoms in total. The summed E-state index contributed by atoms with van der Waals surface area (Å²) in [5.74, 6) is -1.92. The smallest absolute Gasteiger partial charge is 0.370 e. The van der Waals surface area contributed by atoms with Crippen LogP contribution in [0.4, 0.5) is 17.6 Å². The highest BCUT2D eigenvalue weighted by Crippen LogP contribution is 2.16. The number of rotatable bonds is 5. The molecule has 0 bridgehead atoms. The van der Waals surface area contributed by atoms with E-state index >= 15 is 0 Å². The van der Waals surface area contributed by atoms with E-state index in [2.05, 4.69) is 15.0 Å². The molecular formula is C10H9ClF4N2O2. The van der Waals surface area contributed by atoms with Gasteiger partial charge in [0.25, 0.3) is 5.91 Å². The van der Waals surface area contributed by atoms with Crippen LogP contribution in [0.3, 0.4) is 0 Å². The maximum atomic E-state index is 13.2. The van der Waals surface area contributed by atoms with Crippen LogP contribution in [0.1, 0.15) is 10.4 Å². The maximum Gasteiger partial charge on any atom is 0.411 e. The summed E-state index contributed by atoms with van der Waals surface area (Å²) in [4.78, 5) is 14.7. The van der Waals surface area contributed by atoms with Gasteiger partial charge in [-0.05, 0) is 6.07 Å². The predicted octanol–water partition coefficient (Wildman–Crippen LogP) is 2.18. The molecule has 0 aromatic carbocycles. The molecule has 0 fully saturated rings. The van der Waals surface area contributed by atoms with Gasteiger partial charge in [-0.3, -0.25) is 4.79 Å². The second kappa shape index (κ2) is 6.67. The zero-order valence-electron chi connectivity index (χ0n) is 9.43. The highest BCUT2D eigenvalue weighted by molar-refractivity contribution is 6.33. The molecule has 19 heavy (non-hydrogen) atoms. The number of nitrogens with one attached hydrogen (secondary N) is 1. The van der Waals surface area contributed by atoms with Gasteiger partial charge >= 0.3 is 6.18 Å². The van der Waals surface area contributed by atoms with Gasteiger partial charge in [0.15, 0.2) is 0 Å². The standard InChI is InChI=1S/C10H9ClF4N2O2/c11-6-1-2-16-8(12)7(6)9(18)17-3-4-19-5-10(13,14)15/h1-2H,3-5H2,(H,17,18). The second-order valence-electron chi connectivity index (χ2n) is 3.38. The normalized spacial score (nSPS) is 11.4. The Morgan fingerprint density at radius 2 is 2.16 bits per heavy atom. The van der Waals surface area contributed by atoms with Gasteiger partial charge < -0.3 is 10.1 Å². The monoisotopic (exact) mass is 300 g/mol. The zero-order valence-corrected chi connectivity index (χ0v) is 10.2. The van der Waals surface area contributed by atoms with Gasteiger partial charge in [0, 0.05) is 12.7 Å². The van der Waals surface area contributed by atoms with Crippen LogP contribution in [0.5, 0.6) is 0 Å². The molecule has 0 atom stereocenters. The molecule has 0 aliphatic carbocycles. The highest BCUT2D eigenvalue weighted by Gasteiger charge is 2.27. The van der Waals surface area contributed by atoms with E-state index in [1.807, 2.05) is 0 Å². The molecule has 1 rings (SSSR count). The van der Waals surface area contributed by atoms with Crippen LogP contribution in [0.25, 0.3) is 0 Å². The Labute approximate surface area is 110 Å². The first-order valence-corrected chi connectivity index (χ1v) is 5.42. The first kappa shape index (κ1) is 15.6. The summed E-state index contributed by atoms with van der Waals surface area (Å²) in [6, 6.07) is 1.22. The molecule has 1 N–H and O–H groups in total. The van der Waals surface area contributed by atoms with Crippen LogP contribution in [0.15, 0.2) is 12.3 Å². The topological polar surface area (TPSA) is 51.2 Å². The Hall–Kier alpha value is -1.41.